The maximum atomic E-state index is 11.2. The van der Waals surface area contributed by atoms with Crippen molar-refractivity contribution >= 4 is 5.97 Å². The monoisotopic (exact) mass is 197 g/mol. The van der Waals surface area contributed by atoms with E-state index >= 15 is 0 Å². The predicted molar refractivity (Wildman–Crippen MR) is 49.1 cm³/mol. The van der Waals surface area contributed by atoms with E-state index in [1.54, 1.807) is 6.26 Å². The Morgan fingerprint density at radius 3 is 2.64 bits per heavy atom. The molecule has 0 aromatic heterocycles. The SMILES string of the molecule is COC(=O)CC1(COC#N)CCCC1. The predicted octanol–water partition coefficient (Wildman–Crippen LogP) is 1.61. The molecule has 0 unspecified atom stereocenters. The van der Waals surface area contributed by atoms with Crippen LogP contribution in [0.4, 0.5) is 0 Å². The Balaban J connectivity index is 2.53. The molecule has 0 radical (unpaired) electrons. The van der Waals surface area contributed by atoms with Crippen molar-refractivity contribution < 1.29 is 14.3 Å². The third-order valence-electron chi connectivity index (χ3n) is 2.85. The lowest BCUT2D eigenvalue weighted by atomic mass is 9.84. The van der Waals surface area contributed by atoms with Crippen LogP contribution in [0.25, 0.3) is 0 Å². The normalized spacial score (nSPS) is 18.6. The molecule has 0 aromatic rings. The number of esters is 1. The second kappa shape index (κ2) is 4.85. The van der Waals surface area contributed by atoms with Crippen LogP contribution in [-0.4, -0.2) is 19.7 Å². The summed E-state index contributed by atoms with van der Waals surface area (Å²) in [7, 11) is 1.39. The molecule has 4 nitrogen and oxygen atoms in total. The molecule has 0 amide bonds. The molecule has 14 heavy (non-hydrogen) atoms. The maximum Gasteiger partial charge on any atom is 0.306 e. The second-order valence-corrected chi connectivity index (χ2v) is 3.84. The van der Waals surface area contributed by atoms with Crippen LogP contribution in [0, 0.1) is 16.9 Å². The Morgan fingerprint density at radius 1 is 1.50 bits per heavy atom. The van der Waals surface area contributed by atoms with Gasteiger partial charge in [0, 0.05) is 5.41 Å². The number of rotatable bonds is 4. The molecule has 0 aromatic carbocycles. The zero-order valence-electron chi connectivity index (χ0n) is 8.41. The highest BCUT2D eigenvalue weighted by molar-refractivity contribution is 5.70. The van der Waals surface area contributed by atoms with Crippen LogP contribution in [-0.2, 0) is 14.3 Å². The van der Waals surface area contributed by atoms with E-state index in [9.17, 15) is 4.79 Å². The Morgan fingerprint density at radius 2 is 2.14 bits per heavy atom. The Kier molecular flexibility index (Phi) is 3.75. The molecule has 1 aliphatic rings. The molecule has 0 aliphatic heterocycles. The number of carbonyl (C=O) groups excluding carboxylic acids is 1. The van der Waals surface area contributed by atoms with Gasteiger partial charge in [-0.25, -0.2) is 0 Å². The van der Waals surface area contributed by atoms with Crippen LogP contribution in [0.3, 0.4) is 0 Å². The summed E-state index contributed by atoms with van der Waals surface area (Å²) in [6.45, 7) is 0.346. The average molecular weight is 197 g/mol. The highest BCUT2D eigenvalue weighted by Crippen LogP contribution is 2.41. The van der Waals surface area contributed by atoms with Crippen LogP contribution in [0.2, 0.25) is 0 Å². The molecule has 0 spiro atoms. The quantitative estimate of drug-likeness (QED) is 0.507. The van der Waals surface area contributed by atoms with Gasteiger partial charge in [0.25, 0.3) is 6.26 Å². The molecule has 1 rings (SSSR count). The molecule has 0 N–H and O–H groups in total. The van der Waals surface area contributed by atoms with E-state index < -0.39 is 0 Å². The Bertz CT molecular complexity index is 238. The summed E-state index contributed by atoms with van der Waals surface area (Å²) in [4.78, 5) is 11.2. The number of carbonyl (C=O) groups is 1. The highest BCUT2D eigenvalue weighted by Gasteiger charge is 2.37. The van der Waals surface area contributed by atoms with Gasteiger partial charge in [-0.3, -0.25) is 4.79 Å². The minimum absolute atomic E-state index is 0.150. The molecule has 0 atom stereocenters. The first kappa shape index (κ1) is 10.8. The van der Waals surface area contributed by atoms with E-state index in [0.717, 1.165) is 25.7 Å². The first-order valence-electron chi connectivity index (χ1n) is 4.80. The zero-order chi connectivity index (χ0) is 10.4. The van der Waals surface area contributed by atoms with Crippen LogP contribution < -0.4 is 0 Å². The van der Waals surface area contributed by atoms with Gasteiger partial charge in [0.05, 0.1) is 13.5 Å². The fraction of sp³-hybridized carbons (Fsp3) is 0.800. The highest BCUT2D eigenvalue weighted by atomic mass is 16.5. The number of methoxy groups -OCH3 is 1. The van der Waals surface area contributed by atoms with E-state index in [0.29, 0.717) is 13.0 Å². The van der Waals surface area contributed by atoms with Gasteiger partial charge in [0.15, 0.2) is 0 Å². The van der Waals surface area contributed by atoms with E-state index in [4.69, 9.17) is 10.00 Å². The summed E-state index contributed by atoms with van der Waals surface area (Å²) in [6.07, 6.45) is 6.13. The summed E-state index contributed by atoms with van der Waals surface area (Å²) >= 11 is 0. The molecule has 1 aliphatic carbocycles. The van der Waals surface area contributed by atoms with Gasteiger partial charge in [0.2, 0.25) is 0 Å². The zero-order valence-corrected chi connectivity index (χ0v) is 8.41. The van der Waals surface area contributed by atoms with Gasteiger partial charge in [-0.1, -0.05) is 12.8 Å². The summed E-state index contributed by atoms with van der Waals surface area (Å²) in [5.41, 5.74) is -0.150. The molecule has 0 saturated heterocycles. The fourth-order valence-electron chi connectivity index (χ4n) is 2.06. The number of ether oxygens (including phenoxy) is 2. The molecule has 1 fully saturated rings. The van der Waals surface area contributed by atoms with Crippen molar-refractivity contribution in [2.45, 2.75) is 32.1 Å². The van der Waals surface area contributed by atoms with Gasteiger partial charge < -0.3 is 9.47 Å². The number of nitrogens with zero attached hydrogens (tertiary/aromatic N) is 1. The average Bonchev–Trinajstić information content (AvgIpc) is 2.64. The molecule has 78 valence electrons. The summed E-state index contributed by atoms with van der Waals surface area (Å²) in [5.74, 6) is -0.214. The maximum absolute atomic E-state index is 11.2. The van der Waals surface area contributed by atoms with Crippen molar-refractivity contribution in [1.29, 1.82) is 5.26 Å². The van der Waals surface area contributed by atoms with E-state index in [1.807, 2.05) is 0 Å². The summed E-state index contributed by atoms with van der Waals surface area (Å²) < 4.78 is 9.40. The second-order valence-electron chi connectivity index (χ2n) is 3.84. The number of hydrogen-bond donors (Lipinski definition) is 0. The smallest absolute Gasteiger partial charge is 0.306 e. The van der Waals surface area contributed by atoms with E-state index in [-0.39, 0.29) is 11.4 Å². The van der Waals surface area contributed by atoms with E-state index in [2.05, 4.69) is 4.74 Å². The standard InChI is InChI=1S/C10H15NO3/c1-13-9(12)6-10(7-14-8-11)4-2-3-5-10/h2-7H2,1H3. The Labute approximate surface area is 83.8 Å². The minimum atomic E-state index is -0.214. The summed E-state index contributed by atoms with van der Waals surface area (Å²) in [6, 6.07) is 0. The first-order valence-corrected chi connectivity index (χ1v) is 4.80. The molecule has 1 saturated carbocycles. The number of nitriles is 1. The Hall–Kier alpha value is -1.24. The largest absolute Gasteiger partial charge is 0.469 e. The lowest BCUT2D eigenvalue weighted by molar-refractivity contribution is -0.144. The van der Waals surface area contributed by atoms with E-state index in [1.165, 1.54) is 7.11 Å². The van der Waals surface area contributed by atoms with Gasteiger partial charge >= 0.3 is 5.97 Å². The lowest BCUT2D eigenvalue weighted by Gasteiger charge is -2.25. The third-order valence-corrected chi connectivity index (χ3v) is 2.85. The van der Waals surface area contributed by atoms with Crippen LogP contribution in [0.15, 0.2) is 0 Å². The van der Waals surface area contributed by atoms with Gasteiger partial charge in [-0.2, -0.15) is 5.26 Å². The van der Waals surface area contributed by atoms with Crippen LogP contribution >= 0.6 is 0 Å². The molecular formula is C10H15NO3. The van der Waals surface area contributed by atoms with Crippen molar-refractivity contribution in [2.24, 2.45) is 5.41 Å². The number of hydrogen-bond acceptors (Lipinski definition) is 4. The summed E-state index contributed by atoms with van der Waals surface area (Å²) in [5, 5.41) is 8.34. The van der Waals surface area contributed by atoms with Crippen molar-refractivity contribution in [3.05, 3.63) is 0 Å². The molecule has 0 heterocycles. The van der Waals surface area contributed by atoms with Crippen molar-refractivity contribution in [3.63, 3.8) is 0 Å². The van der Waals surface area contributed by atoms with Gasteiger partial charge in [0.1, 0.15) is 6.61 Å². The van der Waals surface area contributed by atoms with Crippen LogP contribution in [0.5, 0.6) is 0 Å². The molecular weight excluding hydrogens is 182 g/mol. The minimum Gasteiger partial charge on any atom is -0.469 e. The fourth-order valence-corrected chi connectivity index (χ4v) is 2.06. The van der Waals surface area contributed by atoms with Crippen molar-refractivity contribution in [2.75, 3.05) is 13.7 Å². The topological polar surface area (TPSA) is 59.3 Å². The van der Waals surface area contributed by atoms with Crippen molar-refractivity contribution in [1.82, 2.24) is 0 Å². The molecule has 0 bridgehead atoms. The lowest BCUT2D eigenvalue weighted by Crippen LogP contribution is -2.26. The van der Waals surface area contributed by atoms with Gasteiger partial charge in [-0.05, 0) is 12.8 Å². The molecule has 4 heteroatoms. The van der Waals surface area contributed by atoms with Gasteiger partial charge in [-0.15, -0.1) is 0 Å². The van der Waals surface area contributed by atoms with Crippen LogP contribution in [0.1, 0.15) is 32.1 Å². The van der Waals surface area contributed by atoms with Crippen molar-refractivity contribution in [3.8, 4) is 6.26 Å². The third kappa shape index (κ3) is 2.63. The first-order chi connectivity index (χ1) is 6.72.